The van der Waals surface area contributed by atoms with Gasteiger partial charge in [0, 0.05) is 26.4 Å². The Hall–Kier alpha value is -1.71. The molecule has 0 radical (unpaired) electrons. The minimum atomic E-state index is 0.290. The summed E-state index contributed by atoms with van der Waals surface area (Å²) in [5.74, 6) is 0. The molecule has 3 heteroatoms. The fourth-order valence-electron chi connectivity index (χ4n) is 3.82. The van der Waals surface area contributed by atoms with Gasteiger partial charge in [-0.2, -0.15) is 0 Å². The predicted molar refractivity (Wildman–Crippen MR) is 132 cm³/mol. The molecule has 0 aromatic carbocycles. The normalized spacial score (nSPS) is 21.7. The van der Waals surface area contributed by atoms with Crippen LogP contribution in [0.4, 0.5) is 0 Å². The van der Waals surface area contributed by atoms with Gasteiger partial charge in [-0.15, -0.1) is 0 Å². The number of carbonyl (C=O) groups is 1. The summed E-state index contributed by atoms with van der Waals surface area (Å²) in [5.41, 5.74) is 5.48. The van der Waals surface area contributed by atoms with Gasteiger partial charge in [-0.1, -0.05) is 55.4 Å². The van der Waals surface area contributed by atoms with E-state index >= 15 is 0 Å². The molecule has 3 rings (SSSR count). The Kier molecular flexibility index (Phi) is 14.1. The summed E-state index contributed by atoms with van der Waals surface area (Å²) in [5, 5.41) is 0. The van der Waals surface area contributed by atoms with Crippen molar-refractivity contribution in [2.75, 3.05) is 26.4 Å². The van der Waals surface area contributed by atoms with Crippen LogP contribution >= 0.6 is 0 Å². The Morgan fingerprint density at radius 2 is 1.39 bits per heavy atom. The lowest BCUT2D eigenvalue weighted by Gasteiger charge is -2.32. The monoisotopic (exact) mass is 428 g/mol. The molecule has 3 nitrogen and oxygen atoms in total. The maximum atomic E-state index is 10.3. The lowest BCUT2D eigenvalue weighted by Crippen LogP contribution is -2.19. The van der Waals surface area contributed by atoms with Crippen molar-refractivity contribution >= 4 is 6.29 Å². The van der Waals surface area contributed by atoms with Gasteiger partial charge in [-0.25, -0.2) is 0 Å². The van der Waals surface area contributed by atoms with Gasteiger partial charge in [0.05, 0.1) is 0 Å². The number of carbonyl (C=O) groups excluding carboxylic acids is 1. The highest BCUT2D eigenvalue weighted by molar-refractivity contribution is 5.66. The van der Waals surface area contributed by atoms with Gasteiger partial charge < -0.3 is 9.47 Å². The fourth-order valence-corrected chi connectivity index (χ4v) is 3.82. The van der Waals surface area contributed by atoms with Crippen LogP contribution in [0.2, 0.25) is 0 Å². The quantitative estimate of drug-likeness (QED) is 0.262. The van der Waals surface area contributed by atoms with Crippen LogP contribution in [0, 0.1) is 5.41 Å². The molecule has 0 bridgehead atoms. The lowest BCUT2D eigenvalue weighted by molar-refractivity contribution is -0.104. The molecule has 2 heterocycles. The Morgan fingerprint density at radius 1 is 0.839 bits per heavy atom. The van der Waals surface area contributed by atoms with Gasteiger partial charge in [0.1, 0.15) is 6.29 Å². The van der Waals surface area contributed by atoms with Gasteiger partial charge in [0.25, 0.3) is 0 Å². The van der Waals surface area contributed by atoms with Crippen molar-refractivity contribution in [3.05, 3.63) is 58.7 Å². The van der Waals surface area contributed by atoms with E-state index in [0.717, 1.165) is 38.3 Å². The highest BCUT2D eigenvalue weighted by atomic mass is 16.5. The molecule has 0 spiro atoms. The molecule has 0 aromatic heterocycles. The van der Waals surface area contributed by atoms with Gasteiger partial charge in [0.15, 0.2) is 0 Å². The van der Waals surface area contributed by atoms with E-state index in [4.69, 9.17) is 9.47 Å². The van der Waals surface area contributed by atoms with E-state index < -0.39 is 0 Å². The molecule has 31 heavy (non-hydrogen) atoms. The predicted octanol–water partition coefficient (Wildman–Crippen LogP) is 7.31. The first kappa shape index (κ1) is 27.3. The molecule has 2 fully saturated rings. The molecule has 1 aliphatic carbocycles. The van der Waals surface area contributed by atoms with Crippen LogP contribution in [-0.2, 0) is 14.3 Å². The molecule has 3 aliphatic rings. The molecule has 2 aliphatic heterocycles. The van der Waals surface area contributed by atoms with Crippen molar-refractivity contribution in [3.63, 3.8) is 0 Å². The summed E-state index contributed by atoms with van der Waals surface area (Å²) in [6.07, 6.45) is 21.8. The third-order valence-electron chi connectivity index (χ3n) is 5.76. The van der Waals surface area contributed by atoms with E-state index in [9.17, 15) is 4.79 Å². The topological polar surface area (TPSA) is 35.5 Å². The molecular weight excluding hydrogens is 384 g/mol. The standard InChI is InChI=1S/C20H28O.2C4H8O/c1-16(8-6-9-17(2)13-15-21)11-12-19-18(3)10-7-14-20(19,4)5;2*1-2-4-5-3-1/h6,8-9,11-13,15H,7,10,14H2,1-5H3;2*1-4H2/b9-6+,12-11+,16-8+,17-13+;;. The van der Waals surface area contributed by atoms with Crippen LogP contribution in [0.25, 0.3) is 0 Å². The number of aldehydes is 1. The second-order valence-corrected chi connectivity index (χ2v) is 9.22. The van der Waals surface area contributed by atoms with Gasteiger partial charge in [-0.3, -0.25) is 4.79 Å². The maximum absolute atomic E-state index is 10.3. The molecule has 0 saturated carbocycles. The average Bonchev–Trinajstić information content (AvgIpc) is 3.46. The molecule has 2 saturated heterocycles. The first-order chi connectivity index (χ1) is 14.9. The smallest absolute Gasteiger partial charge is 0.143 e. The van der Waals surface area contributed by atoms with Crippen molar-refractivity contribution in [1.29, 1.82) is 0 Å². The van der Waals surface area contributed by atoms with E-state index in [-0.39, 0.29) is 5.41 Å². The van der Waals surface area contributed by atoms with Crippen LogP contribution in [0.1, 0.15) is 79.6 Å². The Labute approximate surface area is 191 Å². The average molecular weight is 429 g/mol. The third kappa shape index (κ3) is 12.7. The minimum absolute atomic E-state index is 0.290. The fraction of sp³-hybridized carbons (Fsp3) is 0.607. The van der Waals surface area contributed by atoms with Gasteiger partial charge in [0.2, 0.25) is 0 Å². The maximum Gasteiger partial charge on any atom is 0.143 e. The summed E-state index contributed by atoms with van der Waals surface area (Å²) in [4.78, 5) is 10.3. The Bertz CT molecular complexity index is 641. The molecule has 174 valence electrons. The van der Waals surface area contributed by atoms with E-state index in [2.05, 4.69) is 45.9 Å². The van der Waals surface area contributed by atoms with Crippen LogP contribution in [0.15, 0.2) is 58.7 Å². The largest absolute Gasteiger partial charge is 0.381 e. The number of ether oxygens (including phenoxy) is 2. The van der Waals surface area contributed by atoms with Crippen LogP contribution < -0.4 is 0 Å². The van der Waals surface area contributed by atoms with Crippen LogP contribution in [0.5, 0.6) is 0 Å². The zero-order valence-corrected chi connectivity index (χ0v) is 20.5. The molecule has 0 atom stereocenters. The summed E-state index contributed by atoms with van der Waals surface area (Å²) in [6, 6.07) is 0. The number of hydrogen-bond donors (Lipinski definition) is 0. The second-order valence-electron chi connectivity index (χ2n) is 9.22. The first-order valence-corrected chi connectivity index (χ1v) is 11.9. The highest BCUT2D eigenvalue weighted by Crippen LogP contribution is 2.40. The third-order valence-corrected chi connectivity index (χ3v) is 5.76. The molecule has 0 aromatic rings. The number of hydrogen-bond acceptors (Lipinski definition) is 3. The zero-order chi connectivity index (χ0) is 23.0. The van der Waals surface area contributed by atoms with Crippen LogP contribution in [-0.4, -0.2) is 32.7 Å². The lowest BCUT2D eigenvalue weighted by atomic mass is 9.72. The van der Waals surface area contributed by atoms with Crippen molar-refractivity contribution in [1.82, 2.24) is 0 Å². The minimum Gasteiger partial charge on any atom is -0.381 e. The Balaban J connectivity index is 0.000000385. The van der Waals surface area contributed by atoms with Crippen LogP contribution in [0.3, 0.4) is 0 Å². The molecule has 0 amide bonds. The zero-order valence-electron chi connectivity index (χ0n) is 20.5. The molecule has 0 N–H and O–H groups in total. The summed E-state index contributed by atoms with van der Waals surface area (Å²) >= 11 is 0. The first-order valence-electron chi connectivity index (χ1n) is 11.9. The van der Waals surface area contributed by atoms with E-state index in [1.165, 1.54) is 61.7 Å². The second kappa shape index (κ2) is 16.0. The Morgan fingerprint density at radius 3 is 1.84 bits per heavy atom. The van der Waals surface area contributed by atoms with Gasteiger partial charge >= 0.3 is 0 Å². The SMILES string of the molecule is C1CCOC1.C1CCOC1.CC1=C(/C=C/C(C)=C/C=C/C(C)=C/C=O)C(C)(C)CCC1. The highest BCUT2D eigenvalue weighted by Gasteiger charge is 2.26. The molecule has 0 unspecified atom stereocenters. The molecular formula is C28H44O3. The summed E-state index contributed by atoms with van der Waals surface area (Å²) in [6.45, 7) is 14.9. The van der Waals surface area contributed by atoms with Crippen molar-refractivity contribution < 1.29 is 14.3 Å². The van der Waals surface area contributed by atoms with Crippen molar-refractivity contribution in [2.24, 2.45) is 5.41 Å². The van der Waals surface area contributed by atoms with E-state index in [1.807, 2.05) is 19.1 Å². The van der Waals surface area contributed by atoms with Crippen molar-refractivity contribution in [2.45, 2.75) is 79.6 Å². The number of allylic oxidation sites excluding steroid dienone is 10. The summed E-state index contributed by atoms with van der Waals surface area (Å²) < 4.78 is 9.89. The van der Waals surface area contributed by atoms with E-state index in [0.29, 0.717) is 0 Å². The van der Waals surface area contributed by atoms with Crippen molar-refractivity contribution in [3.8, 4) is 0 Å². The summed E-state index contributed by atoms with van der Waals surface area (Å²) in [7, 11) is 0. The van der Waals surface area contributed by atoms with E-state index in [1.54, 1.807) is 6.08 Å². The van der Waals surface area contributed by atoms with Gasteiger partial charge in [-0.05, 0) is 88.4 Å². The number of rotatable bonds is 5.